The van der Waals surface area contributed by atoms with Gasteiger partial charge in [0.2, 0.25) is 0 Å². The zero-order chi connectivity index (χ0) is 17.9. The molecule has 0 N–H and O–H groups in total. The number of ether oxygens (including phenoxy) is 1. The van der Waals surface area contributed by atoms with Gasteiger partial charge in [-0.15, -0.1) is 0 Å². The number of hydrogen-bond donors (Lipinski definition) is 0. The van der Waals surface area contributed by atoms with E-state index >= 15 is 0 Å². The average Bonchev–Trinajstić information content (AvgIpc) is 3.12. The van der Waals surface area contributed by atoms with Gasteiger partial charge < -0.3 is 14.1 Å². The van der Waals surface area contributed by atoms with Gasteiger partial charge in [-0.2, -0.15) is 0 Å². The molecule has 0 unspecified atom stereocenters. The molecule has 5 heteroatoms. The van der Waals surface area contributed by atoms with Crippen LogP contribution in [-0.4, -0.2) is 49.0 Å². The molecule has 2 aromatic carbocycles. The number of carbonyl (C=O) groups is 1. The van der Waals surface area contributed by atoms with E-state index in [0.29, 0.717) is 24.4 Å². The van der Waals surface area contributed by atoms with Gasteiger partial charge in [0.05, 0.1) is 7.11 Å². The molecular formula is C21H22N2O3. The normalized spacial score (nSPS) is 15.3. The minimum absolute atomic E-state index is 0.0421. The fraction of sp³-hybridized carbons (Fsp3) is 0.286. The maximum Gasteiger partial charge on any atom is 0.289 e. The van der Waals surface area contributed by atoms with Gasteiger partial charge in [-0.05, 0) is 29.8 Å². The molecule has 5 nitrogen and oxygen atoms in total. The zero-order valence-electron chi connectivity index (χ0n) is 14.9. The predicted octanol–water partition coefficient (Wildman–Crippen LogP) is 3.40. The van der Waals surface area contributed by atoms with Crippen LogP contribution in [0.1, 0.15) is 16.1 Å². The van der Waals surface area contributed by atoms with E-state index in [1.165, 1.54) is 5.56 Å². The van der Waals surface area contributed by atoms with Crippen molar-refractivity contribution in [2.24, 2.45) is 0 Å². The summed E-state index contributed by atoms with van der Waals surface area (Å²) >= 11 is 0. The molecule has 4 rings (SSSR count). The van der Waals surface area contributed by atoms with E-state index in [4.69, 9.17) is 9.15 Å². The lowest BCUT2D eigenvalue weighted by molar-refractivity contribution is 0.0600. The summed E-state index contributed by atoms with van der Waals surface area (Å²) < 4.78 is 11.0. The highest BCUT2D eigenvalue weighted by Crippen LogP contribution is 2.25. The predicted molar refractivity (Wildman–Crippen MR) is 100 cm³/mol. The standard InChI is InChI=1S/C21H22N2O3/c1-25-18-7-8-19-17(13-18)14-20(26-19)21(24)23-11-9-22(10-12-23)15-16-5-3-2-4-6-16/h2-8,13-14H,9-12,15H2,1H3. The first-order valence-electron chi connectivity index (χ1n) is 8.86. The second-order valence-corrected chi connectivity index (χ2v) is 6.57. The van der Waals surface area contributed by atoms with Crippen LogP contribution < -0.4 is 4.74 Å². The monoisotopic (exact) mass is 350 g/mol. The van der Waals surface area contributed by atoms with Crippen molar-refractivity contribution in [3.05, 3.63) is 65.9 Å². The quantitative estimate of drug-likeness (QED) is 0.723. The van der Waals surface area contributed by atoms with Gasteiger partial charge in [-0.3, -0.25) is 9.69 Å². The Labute approximate surface area is 152 Å². The molecule has 1 saturated heterocycles. The number of carbonyl (C=O) groups excluding carboxylic acids is 1. The number of rotatable bonds is 4. The highest BCUT2D eigenvalue weighted by Gasteiger charge is 2.24. The van der Waals surface area contributed by atoms with Crippen molar-refractivity contribution in [2.75, 3.05) is 33.3 Å². The minimum Gasteiger partial charge on any atom is -0.497 e. The molecule has 0 bridgehead atoms. The first-order chi connectivity index (χ1) is 12.7. The van der Waals surface area contributed by atoms with Crippen molar-refractivity contribution >= 4 is 16.9 Å². The lowest BCUT2D eigenvalue weighted by Crippen LogP contribution is -2.48. The molecule has 0 saturated carbocycles. The molecule has 1 aliphatic rings. The smallest absolute Gasteiger partial charge is 0.289 e. The van der Waals surface area contributed by atoms with Crippen LogP contribution in [0.5, 0.6) is 5.75 Å². The van der Waals surface area contributed by atoms with E-state index in [2.05, 4.69) is 29.2 Å². The summed E-state index contributed by atoms with van der Waals surface area (Å²) in [5.74, 6) is 1.11. The number of piperazine rings is 1. The molecule has 1 fully saturated rings. The molecular weight excluding hydrogens is 328 g/mol. The highest BCUT2D eigenvalue weighted by molar-refractivity contribution is 5.96. The lowest BCUT2D eigenvalue weighted by Gasteiger charge is -2.34. The van der Waals surface area contributed by atoms with Crippen LogP contribution in [0.25, 0.3) is 11.0 Å². The first kappa shape index (κ1) is 16.7. The maximum atomic E-state index is 12.8. The van der Waals surface area contributed by atoms with E-state index in [-0.39, 0.29) is 5.91 Å². The van der Waals surface area contributed by atoms with Crippen molar-refractivity contribution in [3.63, 3.8) is 0 Å². The van der Waals surface area contributed by atoms with E-state index in [0.717, 1.165) is 30.8 Å². The Morgan fingerprint density at radius 2 is 1.81 bits per heavy atom. The number of hydrogen-bond acceptors (Lipinski definition) is 4. The van der Waals surface area contributed by atoms with Crippen LogP contribution in [0.3, 0.4) is 0 Å². The molecule has 3 aromatic rings. The second kappa shape index (κ2) is 7.22. The fourth-order valence-electron chi connectivity index (χ4n) is 3.36. The van der Waals surface area contributed by atoms with Crippen LogP contribution in [0.15, 0.2) is 59.0 Å². The summed E-state index contributed by atoms with van der Waals surface area (Å²) in [7, 11) is 1.63. The van der Waals surface area contributed by atoms with Gasteiger partial charge in [0.25, 0.3) is 5.91 Å². The molecule has 0 aliphatic carbocycles. The molecule has 0 atom stereocenters. The Morgan fingerprint density at radius 3 is 2.54 bits per heavy atom. The van der Waals surface area contributed by atoms with E-state index in [9.17, 15) is 4.79 Å². The van der Waals surface area contributed by atoms with Gasteiger partial charge in [-0.25, -0.2) is 0 Å². The van der Waals surface area contributed by atoms with Crippen LogP contribution in [0, 0.1) is 0 Å². The van der Waals surface area contributed by atoms with Crippen LogP contribution in [-0.2, 0) is 6.54 Å². The largest absolute Gasteiger partial charge is 0.497 e. The van der Waals surface area contributed by atoms with E-state index in [1.54, 1.807) is 13.2 Å². The molecule has 1 amide bonds. The molecule has 0 radical (unpaired) electrons. The van der Waals surface area contributed by atoms with Crippen molar-refractivity contribution in [1.29, 1.82) is 0 Å². The Bertz CT molecular complexity index is 896. The lowest BCUT2D eigenvalue weighted by atomic mass is 10.2. The average molecular weight is 350 g/mol. The SMILES string of the molecule is COc1ccc2oc(C(=O)N3CCN(Cc4ccccc4)CC3)cc2c1. The Hall–Kier alpha value is -2.79. The Balaban J connectivity index is 1.40. The van der Waals surface area contributed by atoms with E-state index < -0.39 is 0 Å². The number of furan rings is 1. The number of fused-ring (bicyclic) bond motifs is 1. The summed E-state index contributed by atoms with van der Waals surface area (Å²) in [6.45, 7) is 4.09. The third-order valence-corrected chi connectivity index (χ3v) is 4.84. The zero-order valence-corrected chi connectivity index (χ0v) is 14.9. The van der Waals surface area contributed by atoms with Crippen LogP contribution in [0.2, 0.25) is 0 Å². The van der Waals surface area contributed by atoms with Crippen LogP contribution >= 0.6 is 0 Å². The molecule has 1 aliphatic heterocycles. The number of nitrogens with zero attached hydrogens (tertiary/aromatic N) is 2. The Morgan fingerprint density at radius 1 is 1.04 bits per heavy atom. The van der Waals surface area contributed by atoms with Gasteiger partial charge >= 0.3 is 0 Å². The molecule has 2 heterocycles. The molecule has 26 heavy (non-hydrogen) atoms. The van der Waals surface area contributed by atoms with Gasteiger partial charge in [0, 0.05) is 38.1 Å². The third kappa shape index (κ3) is 3.44. The summed E-state index contributed by atoms with van der Waals surface area (Å²) in [6, 6.07) is 17.8. The molecule has 134 valence electrons. The van der Waals surface area contributed by atoms with Crippen molar-refractivity contribution in [2.45, 2.75) is 6.54 Å². The Kier molecular flexibility index (Phi) is 4.63. The van der Waals surface area contributed by atoms with Crippen LogP contribution in [0.4, 0.5) is 0 Å². The van der Waals surface area contributed by atoms with Gasteiger partial charge in [0.15, 0.2) is 5.76 Å². The number of benzene rings is 2. The molecule has 0 spiro atoms. The summed E-state index contributed by atoms with van der Waals surface area (Å²) in [5, 5.41) is 0.885. The summed E-state index contributed by atoms with van der Waals surface area (Å²) in [5.41, 5.74) is 2.01. The summed E-state index contributed by atoms with van der Waals surface area (Å²) in [6.07, 6.45) is 0. The highest BCUT2D eigenvalue weighted by atomic mass is 16.5. The van der Waals surface area contributed by atoms with Crippen molar-refractivity contribution in [3.8, 4) is 5.75 Å². The first-order valence-corrected chi connectivity index (χ1v) is 8.86. The third-order valence-electron chi connectivity index (χ3n) is 4.84. The summed E-state index contributed by atoms with van der Waals surface area (Å²) in [4.78, 5) is 17.0. The van der Waals surface area contributed by atoms with E-state index in [1.807, 2.05) is 29.2 Å². The van der Waals surface area contributed by atoms with Gasteiger partial charge in [-0.1, -0.05) is 30.3 Å². The minimum atomic E-state index is -0.0421. The number of amides is 1. The maximum absolute atomic E-state index is 12.8. The van der Waals surface area contributed by atoms with Crippen molar-refractivity contribution in [1.82, 2.24) is 9.80 Å². The topological polar surface area (TPSA) is 45.9 Å². The number of methoxy groups -OCH3 is 1. The molecule has 1 aromatic heterocycles. The van der Waals surface area contributed by atoms with Crippen molar-refractivity contribution < 1.29 is 13.9 Å². The second-order valence-electron chi connectivity index (χ2n) is 6.57. The van der Waals surface area contributed by atoms with Gasteiger partial charge in [0.1, 0.15) is 11.3 Å². The fourth-order valence-corrected chi connectivity index (χ4v) is 3.36.